The van der Waals surface area contributed by atoms with E-state index < -0.39 is 5.76 Å². The van der Waals surface area contributed by atoms with Crippen molar-refractivity contribution in [1.29, 1.82) is 0 Å². The second-order valence-corrected chi connectivity index (χ2v) is 11.4. The number of hydrogen-bond acceptors (Lipinski definition) is 9. The van der Waals surface area contributed by atoms with Crippen molar-refractivity contribution in [3.8, 4) is 22.5 Å². The molecule has 12 heteroatoms. The molecule has 0 amide bonds. The van der Waals surface area contributed by atoms with Crippen molar-refractivity contribution in [3.63, 3.8) is 0 Å². The van der Waals surface area contributed by atoms with Crippen molar-refractivity contribution in [2.24, 2.45) is 0 Å². The van der Waals surface area contributed by atoms with E-state index >= 15 is 0 Å². The highest BCUT2D eigenvalue weighted by Crippen LogP contribution is 2.32. The first-order valence-corrected chi connectivity index (χ1v) is 15.3. The number of nitrogens with one attached hydrogen (secondary N) is 2. The van der Waals surface area contributed by atoms with Crippen LogP contribution in [0.4, 0.5) is 0 Å². The fraction of sp³-hybridized carbons (Fsp3) is 0.364. The molecule has 0 atom stereocenters. The number of nitrogens with zero attached hydrogens (tertiary/aromatic N) is 5. The third-order valence-electron chi connectivity index (χ3n) is 8.29. The maximum absolute atomic E-state index is 14.3. The minimum Gasteiger partial charge on any atom is -0.496 e. The molecule has 0 saturated heterocycles. The summed E-state index contributed by atoms with van der Waals surface area (Å²) in [7, 11) is 1.56. The van der Waals surface area contributed by atoms with Crippen LogP contribution in [0, 0.1) is 0 Å². The molecule has 1 aliphatic carbocycles. The Bertz CT molecular complexity index is 1910. The summed E-state index contributed by atoms with van der Waals surface area (Å²) < 4.78 is 14.4. The molecule has 2 N–H and O–H groups in total. The SMILES string of the molecule is CCCc1c(Cc2ccc(-c3ccccc3-c3noc(=O)[nH]3)cc2)c(=O)n(C2CCC(OC=C(C)NOC)CC2)c2ncnn12. The van der Waals surface area contributed by atoms with Gasteiger partial charge in [0.2, 0.25) is 5.78 Å². The fourth-order valence-corrected chi connectivity index (χ4v) is 6.19. The number of benzene rings is 2. The Kier molecular flexibility index (Phi) is 8.92. The predicted octanol–water partition coefficient (Wildman–Crippen LogP) is 4.96. The van der Waals surface area contributed by atoms with E-state index in [0.29, 0.717) is 24.4 Å². The van der Waals surface area contributed by atoms with Gasteiger partial charge in [0.25, 0.3) is 5.56 Å². The number of hydrogen-bond donors (Lipinski definition) is 2. The van der Waals surface area contributed by atoms with Gasteiger partial charge in [-0.25, -0.2) is 9.31 Å². The molecule has 2 aromatic carbocycles. The molecule has 0 bridgehead atoms. The van der Waals surface area contributed by atoms with Crippen molar-refractivity contribution in [2.75, 3.05) is 7.11 Å². The lowest BCUT2D eigenvalue weighted by atomic mass is 9.92. The number of allylic oxidation sites excluding steroid dienone is 1. The zero-order valence-electron chi connectivity index (χ0n) is 25.7. The summed E-state index contributed by atoms with van der Waals surface area (Å²) in [6.07, 6.45) is 8.61. The van der Waals surface area contributed by atoms with Crippen LogP contribution in [-0.4, -0.2) is 42.5 Å². The topological polar surface area (TPSA) is 142 Å². The second kappa shape index (κ2) is 13.3. The molecule has 1 fully saturated rings. The van der Waals surface area contributed by atoms with Crippen LogP contribution in [0.1, 0.15) is 68.8 Å². The fourth-order valence-electron chi connectivity index (χ4n) is 6.19. The van der Waals surface area contributed by atoms with Crippen molar-refractivity contribution in [1.82, 2.24) is 34.8 Å². The number of rotatable bonds is 11. The number of fused-ring (bicyclic) bond motifs is 1. The van der Waals surface area contributed by atoms with Crippen molar-refractivity contribution in [3.05, 3.63) is 105 Å². The summed E-state index contributed by atoms with van der Waals surface area (Å²) in [4.78, 5) is 38.0. The molecule has 45 heavy (non-hydrogen) atoms. The van der Waals surface area contributed by atoms with Gasteiger partial charge in [0.15, 0.2) is 5.82 Å². The van der Waals surface area contributed by atoms with E-state index in [9.17, 15) is 9.59 Å². The van der Waals surface area contributed by atoms with Crippen LogP contribution < -0.4 is 16.8 Å². The standard InChI is InChI=1S/C33H37N7O5/c1-4-7-29-28(18-22-10-12-23(13-11-22)26-8-5-6-9-27(26)30-36-33(42)45-38-30)31(41)39(32-34-20-35-40(29)32)24-14-16-25(17-15-24)44-19-21(2)37-43-3/h5-6,8-13,19-20,24-25,37H,4,7,14-18H2,1-3H3,(H,36,38,42). The summed E-state index contributed by atoms with van der Waals surface area (Å²) in [6, 6.07) is 15.8. The smallest absolute Gasteiger partial charge is 0.439 e. The maximum atomic E-state index is 14.3. The number of H-pyrrole nitrogens is 1. The Morgan fingerprint density at radius 2 is 1.84 bits per heavy atom. The van der Waals surface area contributed by atoms with Crippen LogP contribution in [0.15, 0.2) is 80.9 Å². The summed E-state index contributed by atoms with van der Waals surface area (Å²) in [6.45, 7) is 3.98. The van der Waals surface area contributed by atoms with Gasteiger partial charge in [-0.3, -0.25) is 29.2 Å². The number of aromatic nitrogens is 6. The quantitative estimate of drug-likeness (QED) is 0.157. The van der Waals surface area contributed by atoms with E-state index in [2.05, 4.69) is 32.6 Å². The van der Waals surface area contributed by atoms with Crippen molar-refractivity contribution >= 4 is 5.78 Å². The molecule has 0 unspecified atom stereocenters. The van der Waals surface area contributed by atoms with Gasteiger partial charge in [-0.2, -0.15) is 10.1 Å². The van der Waals surface area contributed by atoms with E-state index in [1.54, 1.807) is 13.4 Å². The minimum absolute atomic E-state index is 0.00232. The van der Waals surface area contributed by atoms with E-state index in [4.69, 9.17) is 14.1 Å². The van der Waals surface area contributed by atoms with Gasteiger partial charge in [0.05, 0.1) is 24.6 Å². The Morgan fingerprint density at radius 3 is 2.53 bits per heavy atom. The van der Waals surface area contributed by atoms with Gasteiger partial charge in [-0.05, 0) is 55.7 Å². The summed E-state index contributed by atoms with van der Waals surface area (Å²) in [5.41, 5.74) is 8.83. The molecule has 234 valence electrons. The van der Waals surface area contributed by atoms with Crippen LogP contribution in [-0.2, 0) is 22.4 Å². The molecule has 0 spiro atoms. The summed E-state index contributed by atoms with van der Waals surface area (Å²) >= 11 is 0. The Labute approximate surface area is 259 Å². The maximum Gasteiger partial charge on any atom is 0.439 e. The lowest BCUT2D eigenvalue weighted by Gasteiger charge is -2.30. The van der Waals surface area contributed by atoms with E-state index in [-0.39, 0.29) is 17.7 Å². The molecule has 6 rings (SSSR count). The van der Waals surface area contributed by atoms with Crippen molar-refractivity contribution in [2.45, 2.75) is 70.9 Å². The normalized spacial score (nSPS) is 17.1. The second-order valence-electron chi connectivity index (χ2n) is 11.4. The van der Waals surface area contributed by atoms with Gasteiger partial charge in [-0.1, -0.05) is 67.0 Å². The van der Waals surface area contributed by atoms with Gasteiger partial charge < -0.3 is 4.74 Å². The van der Waals surface area contributed by atoms with Crippen LogP contribution in [0.3, 0.4) is 0 Å². The Balaban J connectivity index is 1.29. The average Bonchev–Trinajstić information content (AvgIpc) is 3.72. The largest absolute Gasteiger partial charge is 0.496 e. The van der Waals surface area contributed by atoms with E-state index in [1.165, 1.54) is 6.33 Å². The van der Waals surface area contributed by atoms with Crippen molar-refractivity contribution < 1.29 is 14.1 Å². The summed E-state index contributed by atoms with van der Waals surface area (Å²) in [5, 5.41) is 8.43. The zero-order valence-corrected chi connectivity index (χ0v) is 25.7. The molecular weight excluding hydrogens is 574 g/mol. The Morgan fingerprint density at radius 1 is 1.09 bits per heavy atom. The number of aromatic amines is 1. The molecule has 0 radical (unpaired) electrons. The molecule has 3 heterocycles. The van der Waals surface area contributed by atoms with Crippen LogP contribution in [0.2, 0.25) is 0 Å². The highest BCUT2D eigenvalue weighted by molar-refractivity contribution is 5.80. The van der Waals surface area contributed by atoms with Gasteiger partial charge in [-0.15, -0.1) is 0 Å². The van der Waals surface area contributed by atoms with Gasteiger partial charge in [0, 0.05) is 23.6 Å². The molecule has 1 aliphatic rings. The first kappa shape index (κ1) is 30.1. The first-order chi connectivity index (χ1) is 22.0. The molecule has 0 aliphatic heterocycles. The highest BCUT2D eigenvalue weighted by atomic mass is 16.6. The molecule has 5 aromatic rings. The minimum atomic E-state index is -0.600. The number of ether oxygens (including phenoxy) is 1. The van der Waals surface area contributed by atoms with Crippen LogP contribution >= 0.6 is 0 Å². The van der Waals surface area contributed by atoms with Gasteiger partial charge in [0.1, 0.15) is 12.6 Å². The molecular formula is C33H37N7O5. The zero-order chi connectivity index (χ0) is 31.3. The predicted molar refractivity (Wildman–Crippen MR) is 168 cm³/mol. The van der Waals surface area contributed by atoms with E-state index in [0.717, 1.165) is 71.3 Å². The first-order valence-electron chi connectivity index (χ1n) is 15.3. The molecule has 12 nitrogen and oxygen atoms in total. The van der Waals surface area contributed by atoms with E-state index in [1.807, 2.05) is 64.5 Å². The lowest BCUT2D eigenvalue weighted by Crippen LogP contribution is -2.35. The number of aryl methyl sites for hydroxylation is 1. The van der Waals surface area contributed by atoms with Gasteiger partial charge >= 0.3 is 5.76 Å². The Hall–Kier alpha value is -4.97. The number of hydroxylamine groups is 1. The molecule has 3 aromatic heterocycles. The monoisotopic (exact) mass is 611 g/mol. The van der Waals surface area contributed by atoms with Crippen LogP contribution in [0.5, 0.6) is 0 Å². The summed E-state index contributed by atoms with van der Waals surface area (Å²) in [5.74, 6) is 0.368. The lowest BCUT2D eigenvalue weighted by molar-refractivity contribution is 0.0765. The van der Waals surface area contributed by atoms with Crippen LogP contribution in [0.25, 0.3) is 28.3 Å². The third-order valence-corrected chi connectivity index (χ3v) is 8.29. The average molecular weight is 612 g/mol. The highest BCUT2D eigenvalue weighted by Gasteiger charge is 2.28. The third kappa shape index (κ3) is 6.32. The molecule has 1 saturated carbocycles.